The van der Waals surface area contributed by atoms with Crippen molar-refractivity contribution in [1.82, 2.24) is 0 Å². The van der Waals surface area contributed by atoms with Gasteiger partial charge in [0.2, 0.25) is 5.91 Å². The van der Waals surface area contributed by atoms with Crippen molar-refractivity contribution >= 4 is 39.1 Å². The number of hydrogen-bond acceptors (Lipinski definition) is 2. The largest absolute Gasteiger partial charge is 0.323 e. The predicted octanol–water partition coefficient (Wildman–Crippen LogP) is 2.53. The zero-order chi connectivity index (χ0) is 11.1. The Morgan fingerprint density at radius 3 is 2.80 bits per heavy atom. The highest BCUT2D eigenvalue weighted by Gasteiger charge is 2.46. The molecule has 1 fully saturated rings. The van der Waals surface area contributed by atoms with Gasteiger partial charge in [0.15, 0.2) is 0 Å². The fourth-order valence-corrected chi connectivity index (χ4v) is 1.72. The van der Waals surface area contributed by atoms with Crippen molar-refractivity contribution in [2.24, 2.45) is 5.73 Å². The van der Waals surface area contributed by atoms with Crippen LogP contribution in [0.5, 0.6) is 0 Å². The zero-order valence-corrected chi connectivity index (χ0v) is 10.2. The van der Waals surface area contributed by atoms with E-state index in [-0.39, 0.29) is 5.91 Å². The van der Waals surface area contributed by atoms with E-state index < -0.39 is 5.54 Å². The van der Waals surface area contributed by atoms with Crippen molar-refractivity contribution in [3.63, 3.8) is 0 Å². The molecule has 0 aromatic heterocycles. The quantitative estimate of drug-likeness (QED) is 0.879. The molecule has 0 saturated heterocycles. The Morgan fingerprint density at radius 2 is 2.20 bits per heavy atom. The van der Waals surface area contributed by atoms with Crippen LogP contribution < -0.4 is 11.1 Å². The van der Waals surface area contributed by atoms with E-state index in [9.17, 15) is 4.79 Å². The number of anilines is 1. The highest BCUT2D eigenvalue weighted by atomic mass is 79.9. The van der Waals surface area contributed by atoms with Crippen LogP contribution in [0.15, 0.2) is 22.7 Å². The summed E-state index contributed by atoms with van der Waals surface area (Å²) in [5.74, 6) is -0.148. The Balaban J connectivity index is 2.16. The van der Waals surface area contributed by atoms with E-state index in [1.165, 1.54) is 0 Å². The van der Waals surface area contributed by atoms with E-state index in [0.29, 0.717) is 10.7 Å². The molecule has 80 valence electrons. The van der Waals surface area contributed by atoms with Crippen LogP contribution in [0.3, 0.4) is 0 Å². The van der Waals surface area contributed by atoms with Crippen LogP contribution in [0.25, 0.3) is 0 Å². The van der Waals surface area contributed by atoms with E-state index in [1.807, 2.05) is 0 Å². The van der Waals surface area contributed by atoms with E-state index in [1.54, 1.807) is 18.2 Å². The third-order valence-corrected chi connectivity index (χ3v) is 3.34. The Labute approximate surface area is 101 Å². The maximum Gasteiger partial charge on any atom is 0.244 e. The summed E-state index contributed by atoms with van der Waals surface area (Å²) in [6, 6.07) is 5.22. The van der Waals surface area contributed by atoms with E-state index >= 15 is 0 Å². The molecule has 1 aromatic carbocycles. The molecular weight excluding hydrogens is 279 g/mol. The minimum absolute atomic E-state index is 0.148. The molecule has 2 rings (SSSR count). The first-order valence-electron chi connectivity index (χ1n) is 4.57. The summed E-state index contributed by atoms with van der Waals surface area (Å²) in [6.07, 6.45) is 1.49. The lowest BCUT2D eigenvalue weighted by Gasteiger charge is -2.11. The molecule has 15 heavy (non-hydrogen) atoms. The topological polar surface area (TPSA) is 55.1 Å². The second-order valence-electron chi connectivity index (χ2n) is 3.73. The predicted molar refractivity (Wildman–Crippen MR) is 63.9 cm³/mol. The van der Waals surface area contributed by atoms with E-state index in [4.69, 9.17) is 17.3 Å². The zero-order valence-electron chi connectivity index (χ0n) is 7.89. The highest BCUT2D eigenvalue weighted by Crippen LogP contribution is 2.34. The molecule has 0 bridgehead atoms. The molecule has 0 radical (unpaired) electrons. The van der Waals surface area contributed by atoms with Gasteiger partial charge in [-0.15, -0.1) is 0 Å². The lowest BCUT2D eigenvalue weighted by atomic mass is 10.2. The molecule has 3 N–H and O–H groups in total. The number of amides is 1. The number of carbonyl (C=O) groups is 1. The van der Waals surface area contributed by atoms with Gasteiger partial charge in [0.25, 0.3) is 0 Å². The molecule has 0 heterocycles. The molecule has 5 heteroatoms. The molecule has 1 amide bonds. The second kappa shape index (κ2) is 3.77. The number of hydrogen-bond donors (Lipinski definition) is 2. The van der Waals surface area contributed by atoms with Crippen LogP contribution in [0.2, 0.25) is 5.02 Å². The van der Waals surface area contributed by atoms with Crippen LogP contribution in [0.1, 0.15) is 12.8 Å². The minimum atomic E-state index is -0.665. The van der Waals surface area contributed by atoms with Crippen molar-refractivity contribution in [3.05, 3.63) is 27.7 Å². The van der Waals surface area contributed by atoms with Crippen molar-refractivity contribution in [2.75, 3.05) is 5.32 Å². The maximum absolute atomic E-state index is 11.7. The molecule has 0 spiro atoms. The molecule has 0 unspecified atom stereocenters. The summed E-state index contributed by atoms with van der Waals surface area (Å²) >= 11 is 9.16. The number of nitrogens with two attached hydrogens (primary N) is 1. The standard InChI is InChI=1S/C10H10BrClN2O/c11-7-2-1-6(12)5-8(7)14-9(15)10(13)3-4-10/h1-2,5H,3-4,13H2,(H,14,15). The van der Waals surface area contributed by atoms with Crippen molar-refractivity contribution < 1.29 is 4.79 Å². The Bertz CT molecular complexity index is 418. The average molecular weight is 290 g/mol. The van der Waals surface area contributed by atoms with Gasteiger partial charge in [0, 0.05) is 9.50 Å². The van der Waals surface area contributed by atoms with Gasteiger partial charge < -0.3 is 11.1 Å². The van der Waals surface area contributed by atoms with Crippen molar-refractivity contribution in [3.8, 4) is 0 Å². The van der Waals surface area contributed by atoms with Gasteiger partial charge in [-0.05, 0) is 47.0 Å². The molecule has 0 atom stereocenters. The summed E-state index contributed by atoms with van der Waals surface area (Å²) in [4.78, 5) is 11.7. The van der Waals surface area contributed by atoms with Crippen LogP contribution >= 0.6 is 27.5 Å². The minimum Gasteiger partial charge on any atom is -0.323 e. The van der Waals surface area contributed by atoms with Crippen LogP contribution in [-0.4, -0.2) is 11.4 Å². The normalized spacial score (nSPS) is 17.3. The van der Waals surface area contributed by atoms with Crippen molar-refractivity contribution in [1.29, 1.82) is 0 Å². The van der Waals surface area contributed by atoms with Crippen molar-refractivity contribution in [2.45, 2.75) is 18.4 Å². The first-order chi connectivity index (χ1) is 7.01. The molecular formula is C10H10BrClN2O. The SMILES string of the molecule is NC1(C(=O)Nc2cc(Cl)ccc2Br)CC1. The summed E-state index contributed by atoms with van der Waals surface area (Å²) < 4.78 is 0.796. The van der Waals surface area contributed by atoms with Gasteiger partial charge >= 0.3 is 0 Å². The van der Waals surface area contributed by atoms with Gasteiger partial charge in [-0.3, -0.25) is 4.79 Å². The number of rotatable bonds is 2. The smallest absolute Gasteiger partial charge is 0.244 e. The lowest BCUT2D eigenvalue weighted by Crippen LogP contribution is -2.37. The second-order valence-corrected chi connectivity index (χ2v) is 5.03. The molecule has 1 aromatic rings. The summed E-state index contributed by atoms with van der Waals surface area (Å²) in [5, 5.41) is 3.34. The molecule has 1 aliphatic rings. The number of carbonyl (C=O) groups excluding carboxylic acids is 1. The third-order valence-electron chi connectivity index (χ3n) is 2.42. The van der Waals surface area contributed by atoms with Crippen LogP contribution in [0.4, 0.5) is 5.69 Å². The molecule has 1 saturated carbocycles. The first-order valence-corrected chi connectivity index (χ1v) is 5.74. The molecule has 0 aliphatic heterocycles. The lowest BCUT2D eigenvalue weighted by molar-refractivity contribution is -0.118. The van der Waals surface area contributed by atoms with Crippen LogP contribution in [0, 0.1) is 0 Å². The Kier molecular flexibility index (Phi) is 2.75. The van der Waals surface area contributed by atoms with Gasteiger partial charge in [-0.2, -0.15) is 0 Å². The number of nitrogens with one attached hydrogen (secondary N) is 1. The Hall–Kier alpha value is -0.580. The highest BCUT2D eigenvalue weighted by molar-refractivity contribution is 9.10. The maximum atomic E-state index is 11.7. The summed E-state index contributed by atoms with van der Waals surface area (Å²) in [7, 11) is 0. The van der Waals surface area contributed by atoms with E-state index in [0.717, 1.165) is 17.3 Å². The van der Waals surface area contributed by atoms with Gasteiger partial charge in [-0.1, -0.05) is 11.6 Å². The van der Waals surface area contributed by atoms with Gasteiger partial charge in [-0.25, -0.2) is 0 Å². The number of benzene rings is 1. The van der Waals surface area contributed by atoms with E-state index in [2.05, 4.69) is 21.2 Å². The summed E-state index contributed by atoms with van der Waals surface area (Å²) in [5.41, 5.74) is 5.76. The Morgan fingerprint density at radius 1 is 1.53 bits per heavy atom. The van der Waals surface area contributed by atoms with Gasteiger partial charge in [0.1, 0.15) is 0 Å². The average Bonchev–Trinajstić information content (AvgIpc) is 2.91. The fourth-order valence-electron chi connectivity index (χ4n) is 1.20. The first kappa shape index (κ1) is 10.9. The van der Waals surface area contributed by atoms with Gasteiger partial charge in [0.05, 0.1) is 11.2 Å². The van der Waals surface area contributed by atoms with Crippen LogP contribution in [-0.2, 0) is 4.79 Å². The summed E-state index contributed by atoms with van der Waals surface area (Å²) in [6.45, 7) is 0. The molecule has 1 aliphatic carbocycles. The fraction of sp³-hybridized carbons (Fsp3) is 0.300. The monoisotopic (exact) mass is 288 g/mol. The molecule has 3 nitrogen and oxygen atoms in total. The third kappa shape index (κ3) is 2.33. The number of halogens is 2.